The maximum absolute atomic E-state index is 5.70. The van der Waals surface area contributed by atoms with Gasteiger partial charge in [0.05, 0.1) is 25.1 Å². The zero-order chi connectivity index (χ0) is 10.7. The monoisotopic (exact) mass is 208 g/mol. The van der Waals surface area contributed by atoms with Crippen LogP contribution >= 0.6 is 0 Å². The van der Waals surface area contributed by atoms with Crippen molar-refractivity contribution in [2.75, 3.05) is 13.2 Å². The van der Waals surface area contributed by atoms with E-state index in [9.17, 15) is 0 Å². The molecular weight excluding hydrogens is 192 g/mol. The smallest absolute Gasteiger partial charge is 0.138 e. The van der Waals surface area contributed by atoms with Gasteiger partial charge >= 0.3 is 0 Å². The standard InChI is InChI=1S/C11H16N2O2/c1-8(12)11-3-2-9(6-13-11)15-10-4-5-14-7-10/h2-3,6,8,10H,4-5,7,12H2,1H3. The van der Waals surface area contributed by atoms with E-state index in [2.05, 4.69) is 4.98 Å². The predicted molar refractivity (Wildman–Crippen MR) is 56.7 cm³/mol. The minimum absolute atomic E-state index is 0.0335. The molecule has 0 aromatic carbocycles. The van der Waals surface area contributed by atoms with Gasteiger partial charge in [0, 0.05) is 12.5 Å². The van der Waals surface area contributed by atoms with Gasteiger partial charge in [0.25, 0.3) is 0 Å². The molecule has 0 radical (unpaired) electrons. The molecule has 4 heteroatoms. The lowest BCUT2D eigenvalue weighted by Crippen LogP contribution is -2.16. The fourth-order valence-electron chi connectivity index (χ4n) is 1.53. The van der Waals surface area contributed by atoms with Crippen LogP contribution in [0.1, 0.15) is 25.1 Å². The third-order valence-corrected chi connectivity index (χ3v) is 2.42. The van der Waals surface area contributed by atoms with E-state index in [0.29, 0.717) is 6.61 Å². The molecule has 2 unspecified atom stereocenters. The second-order valence-corrected chi connectivity index (χ2v) is 3.81. The van der Waals surface area contributed by atoms with Gasteiger partial charge < -0.3 is 15.2 Å². The molecule has 0 saturated carbocycles. The van der Waals surface area contributed by atoms with Crippen molar-refractivity contribution in [3.63, 3.8) is 0 Å². The summed E-state index contributed by atoms with van der Waals surface area (Å²) in [5.74, 6) is 0.787. The summed E-state index contributed by atoms with van der Waals surface area (Å²) in [6.45, 7) is 3.37. The maximum Gasteiger partial charge on any atom is 0.138 e. The number of hydrogen-bond donors (Lipinski definition) is 1. The van der Waals surface area contributed by atoms with Gasteiger partial charge in [-0.3, -0.25) is 4.98 Å². The molecule has 82 valence electrons. The molecule has 1 aromatic heterocycles. The maximum atomic E-state index is 5.70. The Morgan fingerprint density at radius 3 is 3.00 bits per heavy atom. The summed E-state index contributed by atoms with van der Waals surface area (Å²) in [5.41, 5.74) is 6.58. The van der Waals surface area contributed by atoms with Crippen molar-refractivity contribution < 1.29 is 9.47 Å². The molecule has 4 nitrogen and oxygen atoms in total. The van der Waals surface area contributed by atoms with E-state index < -0.39 is 0 Å². The summed E-state index contributed by atoms with van der Waals surface area (Å²) < 4.78 is 10.9. The Hall–Kier alpha value is -1.13. The van der Waals surface area contributed by atoms with Crippen LogP contribution in [0.25, 0.3) is 0 Å². The normalized spacial score (nSPS) is 22.7. The van der Waals surface area contributed by atoms with E-state index >= 15 is 0 Å². The van der Waals surface area contributed by atoms with Gasteiger partial charge in [-0.1, -0.05) is 0 Å². The van der Waals surface area contributed by atoms with Crippen molar-refractivity contribution in [2.24, 2.45) is 5.73 Å². The zero-order valence-electron chi connectivity index (χ0n) is 8.85. The van der Waals surface area contributed by atoms with Crippen molar-refractivity contribution in [1.82, 2.24) is 4.98 Å². The van der Waals surface area contributed by atoms with Crippen LogP contribution in [0.5, 0.6) is 5.75 Å². The van der Waals surface area contributed by atoms with Crippen LogP contribution in [0.15, 0.2) is 18.3 Å². The van der Waals surface area contributed by atoms with Crippen molar-refractivity contribution in [1.29, 1.82) is 0 Å². The number of ether oxygens (including phenoxy) is 2. The Morgan fingerprint density at radius 1 is 1.60 bits per heavy atom. The molecule has 2 atom stereocenters. The first-order valence-corrected chi connectivity index (χ1v) is 5.21. The van der Waals surface area contributed by atoms with Crippen molar-refractivity contribution in [2.45, 2.75) is 25.5 Å². The average Bonchev–Trinajstić information content (AvgIpc) is 2.71. The molecule has 2 heterocycles. The molecular formula is C11H16N2O2. The molecule has 1 aromatic rings. The van der Waals surface area contributed by atoms with E-state index in [4.69, 9.17) is 15.2 Å². The van der Waals surface area contributed by atoms with Gasteiger partial charge in [-0.25, -0.2) is 0 Å². The molecule has 15 heavy (non-hydrogen) atoms. The van der Waals surface area contributed by atoms with E-state index in [-0.39, 0.29) is 12.1 Å². The second kappa shape index (κ2) is 4.59. The summed E-state index contributed by atoms with van der Waals surface area (Å²) >= 11 is 0. The lowest BCUT2D eigenvalue weighted by Gasteiger charge is -2.12. The van der Waals surface area contributed by atoms with Crippen LogP contribution in [0.3, 0.4) is 0 Å². The van der Waals surface area contributed by atoms with E-state index in [0.717, 1.165) is 24.5 Å². The van der Waals surface area contributed by atoms with E-state index in [1.807, 2.05) is 19.1 Å². The Kier molecular flexibility index (Phi) is 3.18. The van der Waals surface area contributed by atoms with Crippen LogP contribution < -0.4 is 10.5 Å². The SMILES string of the molecule is CC(N)c1ccc(OC2CCOC2)cn1. The summed E-state index contributed by atoms with van der Waals surface area (Å²) in [6, 6.07) is 3.77. The Balaban J connectivity index is 1.97. The topological polar surface area (TPSA) is 57.4 Å². The molecule has 1 aliphatic heterocycles. The highest BCUT2D eigenvalue weighted by atomic mass is 16.5. The lowest BCUT2D eigenvalue weighted by molar-refractivity contribution is 0.141. The molecule has 0 bridgehead atoms. The van der Waals surface area contributed by atoms with Gasteiger partial charge in [-0.15, -0.1) is 0 Å². The van der Waals surface area contributed by atoms with Crippen molar-refractivity contribution in [3.8, 4) is 5.75 Å². The summed E-state index contributed by atoms with van der Waals surface area (Å²) in [5, 5.41) is 0. The molecule has 1 aliphatic rings. The molecule has 0 spiro atoms. The third kappa shape index (κ3) is 2.67. The lowest BCUT2D eigenvalue weighted by atomic mass is 10.2. The highest BCUT2D eigenvalue weighted by molar-refractivity contribution is 5.21. The zero-order valence-corrected chi connectivity index (χ0v) is 8.85. The first kappa shape index (κ1) is 10.4. The Labute approximate surface area is 89.4 Å². The van der Waals surface area contributed by atoms with E-state index in [1.54, 1.807) is 6.20 Å². The number of aromatic nitrogens is 1. The summed E-state index contributed by atoms with van der Waals surface area (Å²) in [7, 11) is 0. The van der Waals surface area contributed by atoms with Crippen LogP contribution in [-0.2, 0) is 4.74 Å². The van der Waals surface area contributed by atoms with Crippen LogP contribution in [0.4, 0.5) is 0 Å². The molecule has 0 aliphatic carbocycles. The van der Waals surface area contributed by atoms with Gasteiger partial charge in [-0.05, 0) is 19.1 Å². The second-order valence-electron chi connectivity index (χ2n) is 3.81. The highest BCUT2D eigenvalue weighted by Crippen LogP contribution is 2.17. The number of nitrogens with two attached hydrogens (primary N) is 1. The van der Waals surface area contributed by atoms with Gasteiger partial charge in [0.15, 0.2) is 0 Å². The fraction of sp³-hybridized carbons (Fsp3) is 0.545. The predicted octanol–water partition coefficient (Wildman–Crippen LogP) is 1.27. The largest absolute Gasteiger partial charge is 0.486 e. The van der Waals surface area contributed by atoms with Crippen LogP contribution in [0, 0.1) is 0 Å². The fourth-order valence-corrected chi connectivity index (χ4v) is 1.53. The number of rotatable bonds is 3. The average molecular weight is 208 g/mol. The molecule has 1 fully saturated rings. The first-order chi connectivity index (χ1) is 7.25. The van der Waals surface area contributed by atoms with Gasteiger partial charge in [-0.2, -0.15) is 0 Å². The third-order valence-electron chi connectivity index (χ3n) is 2.42. The van der Waals surface area contributed by atoms with Crippen LogP contribution in [0.2, 0.25) is 0 Å². The van der Waals surface area contributed by atoms with Crippen molar-refractivity contribution >= 4 is 0 Å². The molecule has 2 N–H and O–H groups in total. The highest BCUT2D eigenvalue weighted by Gasteiger charge is 2.17. The first-order valence-electron chi connectivity index (χ1n) is 5.21. The number of nitrogens with zero attached hydrogens (tertiary/aromatic N) is 1. The van der Waals surface area contributed by atoms with E-state index in [1.165, 1.54) is 0 Å². The summed E-state index contributed by atoms with van der Waals surface area (Å²) in [6.07, 6.45) is 2.85. The van der Waals surface area contributed by atoms with Gasteiger partial charge in [0.2, 0.25) is 0 Å². The quantitative estimate of drug-likeness (QED) is 0.812. The number of pyridine rings is 1. The van der Waals surface area contributed by atoms with Crippen LogP contribution in [-0.4, -0.2) is 24.3 Å². The summed E-state index contributed by atoms with van der Waals surface area (Å²) in [4.78, 5) is 4.23. The molecule has 0 amide bonds. The molecule has 2 rings (SSSR count). The minimum atomic E-state index is -0.0335. The van der Waals surface area contributed by atoms with Gasteiger partial charge in [0.1, 0.15) is 11.9 Å². The Bertz CT molecular complexity index is 305. The number of hydrogen-bond acceptors (Lipinski definition) is 4. The molecule has 1 saturated heterocycles. The Morgan fingerprint density at radius 2 is 2.47 bits per heavy atom. The van der Waals surface area contributed by atoms with Crippen molar-refractivity contribution in [3.05, 3.63) is 24.0 Å². The minimum Gasteiger partial charge on any atom is -0.486 e.